The summed E-state index contributed by atoms with van der Waals surface area (Å²) in [5, 5.41) is 9.09. The minimum Gasteiger partial charge on any atom is -0.340 e. The zero-order chi connectivity index (χ0) is 19.8. The van der Waals surface area contributed by atoms with Gasteiger partial charge in [0.1, 0.15) is 16.4 Å². The van der Waals surface area contributed by atoms with Crippen molar-refractivity contribution >= 4 is 26.8 Å². The van der Waals surface area contributed by atoms with Crippen molar-refractivity contribution in [3.63, 3.8) is 0 Å². The number of hydrogen-bond acceptors (Lipinski definition) is 5. The first-order valence-corrected chi connectivity index (χ1v) is 9.28. The van der Waals surface area contributed by atoms with Crippen LogP contribution in [-0.2, 0) is 16.6 Å². The van der Waals surface area contributed by atoms with E-state index in [9.17, 15) is 17.6 Å². The molecule has 10 heteroatoms. The minimum atomic E-state index is -3.80. The molecule has 0 saturated heterocycles. The number of nitrogens with one attached hydrogen (secondary N) is 1. The molecule has 0 unspecified atom stereocenters. The first-order valence-electron chi connectivity index (χ1n) is 7.84. The summed E-state index contributed by atoms with van der Waals surface area (Å²) >= 11 is 0. The number of carbonyl (C=O) groups is 1. The van der Waals surface area contributed by atoms with Crippen LogP contribution in [0.2, 0.25) is 0 Å². The number of benzene rings is 1. The quantitative estimate of drug-likeness (QED) is 0.507. The molecule has 3 aromatic rings. The summed E-state index contributed by atoms with van der Waals surface area (Å²) in [6.45, 7) is 0.285. The molecule has 0 aliphatic heterocycles. The van der Waals surface area contributed by atoms with E-state index in [1.165, 1.54) is 50.2 Å². The number of carbonyl (C=O) groups excluding carboxylic acids is 1. The Morgan fingerprint density at radius 2 is 1.96 bits per heavy atom. The third-order valence-electron chi connectivity index (χ3n) is 4.09. The maximum Gasteiger partial charge on any atom is 0.293 e. The monoisotopic (exact) mass is 392 g/mol. The van der Waals surface area contributed by atoms with Gasteiger partial charge in [0.05, 0.1) is 11.7 Å². The lowest BCUT2D eigenvalue weighted by atomic mass is 10.2. The number of amides is 1. The molecule has 0 aliphatic rings. The fourth-order valence-electron chi connectivity index (χ4n) is 2.66. The fourth-order valence-corrected chi connectivity index (χ4v) is 3.75. The summed E-state index contributed by atoms with van der Waals surface area (Å²) in [5.74, 6) is -1.22. The number of pyridine rings is 1. The number of sulfonamides is 1. The zero-order valence-electron chi connectivity index (χ0n) is 14.5. The van der Waals surface area contributed by atoms with Crippen molar-refractivity contribution in [3.8, 4) is 0 Å². The van der Waals surface area contributed by atoms with Crippen LogP contribution in [0.15, 0.2) is 47.6 Å². The number of hydroxylamine groups is 1. The van der Waals surface area contributed by atoms with Crippen LogP contribution in [0.3, 0.4) is 0 Å². The van der Waals surface area contributed by atoms with Gasteiger partial charge in [0.15, 0.2) is 0 Å². The largest absolute Gasteiger partial charge is 0.340 e. The molecule has 0 saturated carbocycles. The standard InChI is InChI=1S/C17H17FN4O4S/c1-21(2)27(25,26)16-10-22(9-11-3-5-12(18)6-4-11)15-8-19-14(7-13(15)16)17(23)20-24/h3-8,10,24H,9H2,1-2H3,(H,20,23). The van der Waals surface area contributed by atoms with Crippen LogP contribution in [0, 0.1) is 5.82 Å². The van der Waals surface area contributed by atoms with Crippen molar-refractivity contribution < 1.29 is 22.8 Å². The van der Waals surface area contributed by atoms with Crippen LogP contribution in [0.1, 0.15) is 16.1 Å². The van der Waals surface area contributed by atoms with Gasteiger partial charge in [-0.15, -0.1) is 0 Å². The molecule has 0 atom stereocenters. The number of rotatable bonds is 5. The van der Waals surface area contributed by atoms with Gasteiger partial charge in [-0.1, -0.05) is 12.1 Å². The maximum absolute atomic E-state index is 13.1. The molecule has 0 bridgehead atoms. The van der Waals surface area contributed by atoms with E-state index in [0.717, 1.165) is 9.87 Å². The van der Waals surface area contributed by atoms with E-state index in [1.54, 1.807) is 16.7 Å². The Morgan fingerprint density at radius 3 is 2.56 bits per heavy atom. The lowest BCUT2D eigenvalue weighted by Gasteiger charge is -2.10. The van der Waals surface area contributed by atoms with E-state index in [0.29, 0.717) is 10.9 Å². The van der Waals surface area contributed by atoms with E-state index < -0.39 is 15.9 Å². The van der Waals surface area contributed by atoms with Gasteiger partial charge < -0.3 is 4.57 Å². The summed E-state index contributed by atoms with van der Waals surface area (Å²) in [4.78, 5) is 15.6. The lowest BCUT2D eigenvalue weighted by Crippen LogP contribution is -2.22. The Bertz CT molecular complexity index is 1110. The molecule has 1 aromatic carbocycles. The van der Waals surface area contributed by atoms with Gasteiger partial charge in [0, 0.05) is 32.2 Å². The van der Waals surface area contributed by atoms with Crippen molar-refractivity contribution in [1.82, 2.24) is 19.3 Å². The Kier molecular flexibility index (Phi) is 4.96. The average Bonchev–Trinajstić information content (AvgIpc) is 3.01. The van der Waals surface area contributed by atoms with E-state index in [2.05, 4.69) is 4.98 Å². The Labute approximate surface area is 154 Å². The SMILES string of the molecule is CN(C)S(=O)(=O)c1cn(Cc2ccc(F)cc2)c2cnc(C(=O)NO)cc12. The van der Waals surface area contributed by atoms with E-state index in [1.807, 2.05) is 0 Å². The van der Waals surface area contributed by atoms with Crippen molar-refractivity contribution in [2.45, 2.75) is 11.4 Å². The highest BCUT2D eigenvalue weighted by Gasteiger charge is 2.24. The van der Waals surface area contributed by atoms with Crippen molar-refractivity contribution in [3.05, 3.63) is 59.8 Å². The van der Waals surface area contributed by atoms with Gasteiger partial charge in [0.25, 0.3) is 5.91 Å². The first-order chi connectivity index (χ1) is 12.7. The van der Waals surface area contributed by atoms with Crippen LogP contribution in [0.4, 0.5) is 4.39 Å². The number of fused-ring (bicyclic) bond motifs is 1. The van der Waals surface area contributed by atoms with E-state index in [4.69, 9.17) is 5.21 Å². The topological polar surface area (TPSA) is 105 Å². The highest BCUT2D eigenvalue weighted by molar-refractivity contribution is 7.89. The number of aromatic nitrogens is 2. The first kappa shape index (κ1) is 19.0. The van der Waals surface area contributed by atoms with Gasteiger partial charge in [-0.25, -0.2) is 27.6 Å². The highest BCUT2D eigenvalue weighted by atomic mass is 32.2. The smallest absolute Gasteiger partial charge is 0.293 e. The molecule has 2 N–H and O–H groups in total. The molecule has 0 spiro atoms. The molecule has 0 fully saturated rings. The molecular formula is C17H17FN4O4S. The van der Waals surface area contributed by atoms with Gasteiger partial charge in [-0.3, -0.25) is 10.0 Å². The van der Waals surface area contributed by atoms with Crippen molar-refractivity contribution in [2.24, 2.45) is 0 Å². The predicted molar refractivity (Wildman–Crippen MR) is 95.4 cm³/mol. The molecular weight excluding hydrogens is 375 g/mol. The van der Waals surface area contributed by atoms with Crippen LogP contribution in [-0.4, -0.2) is 47.5 Å². The van der Waals surface area contributed by atoms with Crippen LogP contribution < -0.4 is 5.48 Å². The zero-order valence-corrected chi connectivity index (χ0v) is 15.4. The maximum atomic E-state index is 13.1. The molecule has 1 amide bonds. The summed E-state index contributed by atoms with van der Waals surface area (Å²) < 4.78 is 41.2. The minimum absolute atomic E-state index is 0.000925. The van der Waals surface area contributed by atoms with Gasteiger partial charge in [-0.2, -0.15) is 0 Å². The lowest BCUT2D eigenvalue weighted by molar-refractivity contribution is 0.0701. The molecule has 8 nitrogen and oxygen atoms in total. The van der Waals surface area contributed by atoms with Gasteiger partial charge in [-0.05, 0) is 23.8 Å². The summed E-state index contributed by atoms with van der Waals surface area (Å²) in [7, 11) is -0.993. The Morgan fingerprint density at radius 1 is 1.30 bits per heavy atom. The van der Waals surface area contributed by atoms with Crippen molar-refractivity contribution in [1.29, 1.82) is 0 Å². The average molecular weight is 392 g/mol. The number of hydrogen-bond donors (Lipinski definition) is 2. The predicted octanol–water partition coefficient (Wildman–Crippen LogP) is 1.59. The molecule has 2 aromatic heterocycles. The van der Waals surface area contributed by atoms with Crippen LogP contribution in [0.25, 0.3) is 10.9 Å². The molecule has 3 rings (SSSR count). The second-order valence-corrected chi connectivity index (χ2v) is 8.18. The van der Waals surface area contributed by atoms with Gasteiger partial charge in [0.2, 0.25) is 10.0 Å². The number of nitrogens with zero attached hydrogens (tertiary/aromatic N) is 3. The summed E-state index contributed by atoms with van der Waals surface area (Å²) in [5.41, 5.74) is 2.59. The van der Waals surface area contributed by atoms with Crippen LogP contribution >= 0.6 is 0 Å². The second kappa shape index (κ2) is 7.06. The number of halogens is 1. The summed E-state index contributed by atoms with van der Waals surface area (Å²) in [6.07, 6.45) is 2.81. The van der Waals surface area contributed by atoms with E-state index >= 15 is 0 Å². The molecule has 2 heterocycles. The summed E-state index contributed by atoms with van der Waals surface area (Å²) in [6, 6.07) is 7.14. The van der Waals surface area contributed by atoms with Gasteiger partial charge >= 0.3 is 0 Å². The molecule has 0 radical (unpaired) electrons. The second-order valence-electron chi connectivity index (χ2n) is 6.06. The van der Waals surface area contributed by atoms with Crippen LogP contribution in [0.5, 0.6) is 0 Å². The molecule has 0 aliphatic carbocycles. The molecule has 27 heavy (non-hydrogen) atoms. The third kappa shape index (κ3) is 3.54. The Balaban J connectivity index is 2.20. The molecule has 142 valence electrons. The normalized spacial score (nSPS) is 11.9. The van der Waals surface area contributed by atoms with Crippen molar-refractivity contribution in [2.75, 3.05) is 14.1 Å². The Hall–Kier alpha value is -2.82. The highest BCUT2D eigenvalue weighted by Crippen LogP contribution is 2.28. The fraction of sp³-hybridized carbons (Fsp3) is 0.176. The van der Waals surface area contributed by atoms with E-state index in [-0.39, 0.29) is 23.0 Å². The third-order valence-corrected chi connectivity index (χ3v) is 5.93.